The monoisotopic (exact) mass is 429 g/mol. The molecule has 0 unspecified atom stereocenters. The molecule has 3 aromatic rings. The third kappa shape index (κ3) is 4.60. The first kappa shape index (κ1) is 22.1. The Bertz CT molecular complexity index is 1190. The molecule has 1 N–H and O–H groups in total. The largest absolute Gasteiger partial charge is 0.396 e. The zero-order valence-corrected chi connectivity index (χ0v) is 18.6. The molecule has 0 amide bonds. The van der Waals surface area contributed by atoms with Crippen LogP contribution in [0.4, 0.5) is 0 Å². The van der Waals surface area contributed by atoms with Gasteiger partial charge in [-0.25, -0.2) is 4.79 Å². The zero-order chi connectivity index (χ0) is 22.1. The van der Waals surface area contributed by atoms with Crippen LogP contribution in [0.15, 0.2) is 46.0 Å². The van der Waals surface area contributed by atoms with Gasteiger partial charge in [0, 0.05) is 37.5 Å². The summed E-state index contributed by atoms with van der Waals surface area (Å²) in [5.74, 6) is 0. The average Bonchev–Trinajstić information content (AvgIpc) is 3.04. The number of rotatable bonds is 6. The number of hydrogen-bond donors (Lipinski definition) is 1. The summed E-state index contributed by atoms with van der Waals surface area (Å²) >= 11 is 6.02. The Hall–Kier alpha value is -2.57. The molecule has 0 aliphatic carbocycles. The van der Waals surface area contributed by atoms with Crippen molar-refractivity contribution in [3.8, 4) is 0 Å². The van der Waals surface area contributed by atoms with Crippen molar-refractivity contribution in [1.82, 2.24) is 13.7 Å². The molecule has 7 heteroatoms. The van der Waals surface area contributed by atoms with Crippen LogP contribution in [0.25, 0.3) is 17.1 Å². The van der Waals surface area contributed by atoms with Gasteiger partial charge in [0.2, 0.25) is 0 Å². The molecule has 0 aliphatic rings. The first-order valence-electron chi connectivity index (χ1n) is 10.00. The first-order valence-corrected chi connectivity index (χ1v) is 10.4. The summed E-state index contributed by atoms with van der Waals surface area (Å²) < 4.78 is 4.65. The highest BCUT2D eigenvalue weighted by molar-refractivity contribution is 6.30. The molecular formula is C23H28ClN3O3. The number of benzene rings is 1. The van der Waals surface area contributed by atoms with E-state index in [4.69, 9.17) is 16.7 Å². The summed E-state index contributed by atoms with van der Waals surface area (Å²) in [7, 11) is 1.67. The maximum absolute atomic E-state index is 13.3. The van der Waals surface area contributed by atoms with E-state index in [-0.39, 0.29) is 29.8 Å². The van der Waals surface area contributed by atoms with E-state index in [1.165, 1.54) is 9.13 Å². The molecular weight excluding hydrogens is 402 g/mol. The number of aliphatic hydroxyl groups is 1. The van der Waals surface area contributed by atoms with Gasteiger partial charge in [-0.15, -0.1) is 0 Å². The van der Waals surface area contributed by atoms with E-state index in [0.29, 0.717) is 29.0 Å². The van der Waals surface area contributed by atoms with Gasteiger partial charge < -0.3 is 9.67 Å². The van der Waals surface area contributed by atoms with Crippen LogP contribution in [0.5, 0.6) is 0 Å². The lowest BCUT2D eigenvalue weighted by Crippen LogP contribution is -2.39. The highest BCUT2D eigenvalue weighted by Gasteiger charge is 2.18. The predicted molar refractivity (Wildman–Crippen MR) is 122 cm³/mol. The molecule has 2 aromatic heterocycles. The molecule has 0 saturated heterocycles. The maximum Gasteiger partial charge on any atom is 0.331 e. The van der Waals surface area contributed by atoms with E-state index in [1.807, 2.05) is 41.0 Å². The second-order valence-corrected chi connectivity index (χ2v) is 9.03. The van der Waals surface area contributed by atoms with Crippen molar-refractivity contribution in [3.63, 3.8) is 0 Å². The fourth-order valence-electron chi connectivity index (χ4n) is 3.38. The van der Waals surface area contributed by atoms with Crippen LogP contribution in [0, 0.1) is 5.41 Å². The molecule has 3 rings (SSSR count). The van der Waals surface area contributed by atoms with Crippen molar-refractivity contribution in [2.75, 3.05) is 6.61 Å². The number of aryl methyl sites for hydroxylation is 1. The van der Waals surface area contributed by atoms with E-state index < -0.39 is 0 Å². The summed E-state index contributed by atoms with van der Waals surface area (Å²) in [6.07, 6.45) is 4.43. The molecule has 30 heavy (non-hydrogen) atoms. The normalized spacial score (nSPS) is 12.3. The summed E-state index contributed by atoms with van der Waals surface area (Å²) in [6, 6.07) is 9.38. The average molecular weight is 430 g/mol. The van der Waals surface area contributed by atoms with Crippen molar-refractivity contribution in [2.45, 2.75) is 40.3 Å². The Morgan fingerprint density at radius 2 is 1.77 bits per heavy atom. The maximum atomic E-state index is 13.3. The van der Waals surface area contributed by atoms with E-state index in [0.717, 1.165) is 11.3 Å². The lowest BCUT2D eigenvalue weighted by molar-refractivity contribution is 0.277. The minimum Gasteiger partial charge on any atom is -0.396 e. The molecule has 0 atom stereocenters. The third-order valence-electron chi connectivity index (χ3n) is 4.98. The van der Waals surface area contributed by atoms with Crippen LogP contribution in [-0.2, 0) is 20.1 Å². The fraction of sp³-hybridized carbons (Fsp3) is 0.391. The molecule has 6 nitrogen and oxygen atoms in total. The van der Waals surface area contributed by atoms with Gasteiger partial charge in [0.05, 0.1) is 5.52 Å². The molecule has 0 bridgehead atoms. The van der Waals surface area contributed by atoms with Crippen molar-refractivity contribution in [2.24, 2.45) is 12.5 Å². The van der Waals surface area contributed by atoms with Gasteiger partial charge in [0.25, 0.3) is 5.56 Å². The molecule has 2 heterocycles. The quantitative estimate of drug-likeness (QED) is 0.650. The highest BCUT2D eigenvalue weighted by atomic mass is 35.5. The first-order chi connectivity index (χ1) is 14.1. The van der Waals surface area contributed by atoms with Crippen LogP contribution in [0.1, 0.15) is 38.4 Å². The molecule has 0 saturated carbocycles. The lowest BCUT2D eigenvalue weighted by Gasteiger charge is -2.13. The SMILES string of the molecule is Cn1c(=O)n(CCCO)c(=O)c2c1cc(C=CC(C)(C)C)n2Cc1ccc(Cl)cc1. The van der Waals surface area contributed by atoms with Crippen LogP contribution >= 0.6 is 11.6 Å². The molecule has 0 spiro atoms. The van der Waals surface area contributed by atoms with Crippen molar-refractivity contribution >= 4 is 28.7 Å². The Labute approximate surface area is 180 Å². The van der Waals surface area contributed by atoms with E-state index in [2.05, 4.69) is 26.8 Å². The summed E-state index contributed by atoms with van der Waals surface area (Å²) in [5.41, 5.74) is 2.15. The second-order valence-electron chi connectivity index (χ2n) is 8.59. The Morgan fingerprint density at radius 1 is 1.10 bits per heavy atom. The third-order valence-corrected chi connectivity index (χ3v) is 5.24. The van der Waals surface area contributed by atoms with Crippen LogP contribution in [0.3, 0.4) is 0 Å². The second kappa shape index (κ2) is 8.66. The van der Waals surface area contributed by atoms with Crippen LogP contribution < -0.4 is 11.2 Å². The molecule has 0 aliphatic heterocycles. The highest BCUT2D eigenvalue weighted by Crippen LogP contribution is 2.23. The number of aliphatic hydroxyl groups excluding tert-OH is 1. The fourth-order valence-corrected chi connectivity index (χ4v) is 3.50. The molecule has 0 radical (unpaired) electrons. The number of nitrogens with zero attached hydrogens (tertiary/aromatic N) is 3. The predicted octanol–water partition coefficient (Wildman–Crippen LogP) is 3.65. The topological polar surface area (TPSA) is 69.2 Å². The number of aromatic nitrogens is 3. The van der Waals surface area contributed by atoms with Crippen LogP contribution in [-0.4, -0.2) is 25.4 Å². The molecule has 0 fully saturated rings. The number of fused-ring (bicyclic) bond motifs is 1. The minimum atomic E-state index is -0.379. The van der Waals surface area contributed by atoms with Gasteiger partial charge in [-0.1, -0.05) is 50.6 Å². The van der Waals surface area contributed by atoms with Gasteiger partial charge in [0.1, 0.15) is 5.52 Å². The van der Waals surface area contributed by atoms with Gasteiger partial charge in [-0.2, -0.15) is 0 Å². The number of halogens is 1. The summed E-state index contributed by atoms with van der Waals surface area (Å²) in [6.45, 7) is 6.88. The lowest BCUT2D eigenvalue weighted by atomic mass is 9.96. The standard InChI is InChI=1S/C23H28ClN3O3/c1-23(2,3)11-10-18-14-19-20(27(18)15-16-6-8-17(24)9-7-16)21(29)26(12-5-13-28)22(30)25(19)4/h6-11,14,28H,5,12-13,15H2,1-4H3. The van der Waals surface area contributed by atoms with Gasteiger partial charge in [0.15, 0.2) is 0 Å². The van der Waals surface area contributed by atoms with E-state index >= 15 is 0 Å². The van der Waals surface area contributed by atoms with Gasteiger partial charge in [-0.3, -0.25) is 13.9 Å². The summed E-state index contributed by atoms with van der Waals surface area (Å²) in [5, 5.41) is 9.82. The number of hydrogen-bond acceptors (Lipinski definition) is 3. The molecule has 160 valence electrons. The van der Waals surface area contributed by atoms with Crippen molar-refractivity contribution in [3.05, 3.63) is 73.5 Å². The van der Waals surface area contributed by atoms with Gasteiger partial charge >= 0.3 is 5.69 Å². The van der Waals surface area contributed by atoms with E-state index in [1.54, 1.807) is 7.05 Å². The smallest absolute Gasteiger partial charge is 0.331 e. The Balaban J connectivity index is 2.28. The van der Waals surface area contributed by atoms with Crippen LogP contribution in [0.2, 0.25) is 5.02 Å². The molecule has 1 aromatic carbocycles. The van der Waals surface area contributed by atoms with Gasteiger partial charge in [-0.05, 0) is 41.7 Å². The Morgan fingerprint density at radius 3 is 2.37 bits per heavy atom. The summed E-state index contributed by atoms with van der Waals surface area (Å²) in [4.78, 5) is 26.0. The zero-order valence-electron chi connectivity index (χ0n) is 17.9. The van der Waals surface area contributed by atoms with Crippen molar-refractivity contribution in [1.29, 1.82) is 0 Å². The number of allylic oxidation sites excluding steroid dienone is 1. The Kier molecular flexibility index (Phi) is 6.38. The minimum absolute atomic E-state index is 0.0330. The van der Waals surface area contributed by atoms with E-state index in [9.17, 15) is 9.59 Å². The van der Waals surface area contributed by atoms with Crippen molar-refractivity contribution < 1.29 is 5.11 Å².